The highest BCUT2D eigenvalue weighted by Gasteiger charge is 2.23. The van der Waals surface area contributed by atoms with Crippen molar-refractivity contribution in [3.05, 3.63) is 72.8 Å². The molecular weight excluding hydrogens is 544 g/mol. The molecule has 8 heteroatoms. The van der Waals surface area contributed by atoms with Crippen molar-refractivity contribution in [2.24, 2.45) is 0 Å². The van der Waals surface area contributed by atoms with Gasteiger partial charge < -0.3 is 29.6 Å². The quantitative estimate of drug-likeness (QED) is 0.228. The molecule has 222 valence electrons. The number of aromatic amines is 2. The Bertz CT molecular complexity index is 1810. The van der Waals surface area contributed by atoms with Crippen molar-refractivity contribution in [3.63, 3.8) is 0 Å². The molecule has 0 saturated heterocycles. The van der Waals surface area contributed by atoms with E-state index >= 15 is 0 Å². The van der Waals surface area contributed by atoms with E-state index < -0.39 is 0 Å². The number of nitrogens with one attached hydrogen (secondary N) is 2. The molecule has 0 fully saturated rings. The van der Waals surface area contributed by atoms with Crippen molar-refractivity contribution >= 4 is 44.8 Å². The summed E-state index contributed by atoms with van der Waals surface area (Å²) in [5, 5.41) is 0. The number of aromatic nitrogens is 4. The van der Waals surface area contributed by atoms with Crippen molar-refractivity contribution in [2.45, 2.75) is 0 Å². The fourth-order valence-corrected chi connectivity index (χ4v) is 6.61. The van der Waals surface area contributed by atoms with Crippen LogP contribution in [0.15, 0.2) is 72.8 Å². The zero-order valence-corrected chi connectivity index (χ0v) is 26.6. The highest BCUT2D eigenvalue weighted by atomic mass is 15.2. The van der Waals surface area contributed by atoms with Crippen LogP contribution < -0.4 is 19.6 Å². The maximum atomic E-state index is 5.24. The lowest BCUT2D eigenvalue weighted by Gasteiger charge is -2.19. The van der Waals surface area contributed by atoms with Crippen LogP contribution in [0.2, 0.25) is 0 Å². The first kappa shape index (κ1) is 27.6. The molecule has 0 saturated carbocycles. The van der Waals surface area contributed by atoms with Crippen molar-refractivity contribution < 1.29 is 0 Å². The zero-order chi connectivity index (χ0) is 30.9. The van der Waals surface area contributed by atoms with Crippen LogP contribution in [0.3, 0.4) is 0 Å². The van der Waals surface area contributed by atoms with Crippen LogP contribution in [-0.4, -0.2) is 76.3 Å². The second-order valence-electron chi connectivity index (χ2n) is 12.3. The normalized spacial score (nSPS) is 11.6. The first-order valence-electron chi connectivity index (χ1n) is 14.8. The smallest absolute Gasteiger partial charge is 0.0860 e. The van der Waals surface area contributed by atoms with Gasteiger partial charge in [0, 0.05) is 78.6 Å². The topological polar surface area (TPSA) is 70.3 Å². The predicted molar refractivity (Wildman–Crippen MR) is 187 cm³/mol. The molecule has 5 aromatic rings. The van der Waals surface area contributed by atoms with Crippen LogP contribution in [-0.2, 0) is 0 Å². The van der Waals surface area contributed by atoms with E-state index in [1.54, 1.807) is 0 Å². The Kier molecular flexibility index (Phi) is 6.39. The number of benzene rings is 2. The fourth-order valence-electron chi connectivity index (χ4n) is 6.61. The highest BCUT2D eigenvalue weighted by molar-refractivity contribution is 6.03. The second-order valence-corrected chi connectivity index (χ2v) is 12.3. The summed E-state index contributed by atoms with van der Waals surface area (Å²) in [6.45, 7) is 0. The highest BCUT2D eigenvalue weighted by Crippen LogP contribution is 2.44. The van der Waals surface area contributed by atoms with Crippen molar-refractivity contribution in [1.29, 1.82) is 0 Å². The lowest BCUT2D eigenvalue weighted by atomic mass is 10.0. The SMILES string of the molecule is CN(C)c1c(N(C)C)c2cc3nc(cc4[nH]c(cc5nc(cc1[nH]2)-c1ccccc1-5)c(N(C)C)c4N(C)C)-c1ccccc1-3. The lowest BCUT2D eigenvalue weighted by molar-refractivity contribution is 1.09. The molecule has 7 rings (SSSR count). The molecule has 2 aliphatic rings. The van der Waals surface area contributed by atoms with E-state index in [9.17, 15) is 0 Å². The van der Waals surface area contributed by atoms with Crippen molar-refractivity contribution in [3.8, 4) is 45.0 Å². The average Bonchev–Trinajstić information content (AvgIpc) is 3.71. The monoisotopic (exact) mass is 582 g/mol. The van der Waals surface area contributed by atoms with Crippen LogP contribution in [0.5, 0.6) is 0 Å². The average molecular weight is 583 g/mol. The van der Waals surface area contributed by atoms with E-state index in [1.165, 1.54) is 0 Å². The Balaban J connectivity index is 1.72. The summed E-state index contributed by atoms with van der Waals surface area (Å²) in [5.74, 6) is 0. The predicted octanol–water partition coefficient (Wildman–Crippen LogP) is 7.25. The Hall–Kier alpha value is -5.24. The summed E-state index contributed by atoms with van der Waals surface area (Å²) >= 11 is 0. The van der Waals surface area contributed by atoms with Gasteiger partial charge in [-0.25, -0.2) is 9.97 Å². The van der Waals surface area contributed by atoms with Gasteiger partial charge >= 0.3 is 0 Å². The largest absolute Gasteiger partial charge is 0.374 e. The number of fused-ring (bicyclic) bond motifs is 14. The van der Waals surface area contributed by atoms with Gasteiger partial charge in [-0.2, -0.15) is 0 Å². The van der Waals surface area contributed by atoms with Crippen LogP contribution in [0.1, 0.15) is 0 Å². The van der Waals surface area contributed by atoms with Gasteiger partial charge in [0.25, 0.3) is 0 Å². The molecule has 0 amide bonds. The number of hydrogen-bond donors (Lipinski definition) is 2. The molecule has 2 aromatic carbocycles. The molecule has 3 aromatic heterocycles. The van der Waals surface area contributed by atoms with Gasteiger partial charge in [0.2, 0.25) is 0 Å². The molecule has 0 unspecified atom stereocenters. The minimum atomic E-state index is 0.928. The van der Waals surface area contributed by atoms with E-state index in [2.05, 4.69) is 159 Å². The number of anilines is 4. The van der Waals surface area contributed by atoms with Crippen LogP contribution >= 0.6 is 0 Å². The Labute approximate surface area is 258 Å². The maximum absolute atomic E-state index is 5.24. The van der Waals surface area contributed by atoms with Gasteiger partial charge in [-0.3, -0.25) is 0 Å². The lowest BCUT2D eigenvalue weighted by Crippen LogP contribution is -2.15. The van der Waals surface area contributed by atoms with Crippen molar-refractivity contribution in [1.82, 2.24) is 19.9 Å². The first-order chi connectivity index (χ1) is 21.1. The second kappa shape index (κ2) is 10.2. The van der Waals surface area contributed by atoms with E-state index in [1.807, 2.05) is 0 Å². The van der Waals surface area contributed by atoms with E-state index in [4.69, 9.17) is 9.97 Å². The van der Waals surface area contributed by atoms with Gasteiger partial charge in [-0.15, -0.1) is 0 Å². The van der Waals surface area contributed by atoms with E-state index in [0.717, 1.165) is 89.8 Å². The minimum absolute atomic E-state index is 0.928. The fraction of sp³-hybridized carbons (Fsp3) is 0.222. The Morgan fingerprint density at radius 2 is 0.614 bits per heavy atom. The third-order valence-corrected chi connectivity index (χ3v) is 8.36. The summed E-state index contributed by atoms with van der Waals surface area (Å²) in [6.07, 6.45) is 0. The molecule has 8 nitrogen and oxygen atoms in total. The van der Waals surface area contributed by atoms with E-state index in [0.29, 0.717) is 0 Å². The molecule has 2 N–H and O–H groups in total. The van der Waals surface area contributed by atoms with Crippen LogP contribution in [0.4, 0.5) is 22.7 Å². The molecule has 44 heavy (non-hydrogen) atoms. The third kappa shape index (κ3) is 4.28. The van der Waals surface area contributed by atoms with Gasteiger partial charge in [0.05, 0.1) is 67.6 Å². The standard InChI is InChI=1S/C36H38N8/c1-41(2)33-29-17-25-21-13-9-10-14-22(21)27(37-25)19-31-35(43(5)6)36(44(7)8)32(40-31)20-28-24-16-12-11-15-23(24)26(38-28)18-30(39-29)34(33)42(3)4/h9-20,39-40H,1-8H3. The summed E-state index contributed by atoms with van der Waals surface area (Å²) in [6, 6.07) is 25.7. The third-order valence-electron chi connectivity index (χ3n) is 8.36. The summed E-state index contributed by atoms with van der Waals surface area (Å²) < 4.78 is 0. The number of H-pyrrole nitrogens is 2. The maximum Gasteiger partial charge on any atom is 0.0860 e. The molecule has 0 radical (unpaired) electrons. The number of rotatable bonds is 4. The first-order valence-corrected chi connectivity index (χ1v) is 14.8. The molecule has 0 spiro atoms. The molecule has 0 atom stereocenters. The molecule has 5 heterocycles. The summed E-state index contributed by atoms with van der Waals surface area (Å²) in [5.41, 5.74) is 16.6. The Morgan fingerprint density at radius 1 is 0.386 bits per heavy atom. The Morgan fingerprint density at radius 3 is 0.818 bits per heavy atom. The van der Waals surface area contributed by atoms with Gasteiger partial charge in [0.15, 0.2) is 0 Å². The molecule has 0 aliphatic carbocycles. The minimum Gasteiger partial charge on any atom is -0.374 e. The summed E-state index contributed by atoms with van der Waals surface area (Å²) in [4.78, 5) is 26.7. The number of nitrogens with zero attached hydrogens (tertiary/aromatic N) is 6. The molecule has 2 aliphatic heterocycles. The number of hydrogen-bond acceptors (Lipinski definition) is 6. The molecular formula is C36H38N8. The van der Waals surface area contributed by atoms with Gasteiger partial charge in [-0.1, -0.05) is 48.5 Å². The van der Waals surface area contributed by atoms with Crippen molar-refractivity contribution in [2.75, 3.05) is 76.0 Å². The van der Waals surface area contributed by atoms with E-state index in [-0.39, 0.29) is 0 Å². The molecule has 8 bridgehead atoms. The summed E-state index contributed by atoms with van der Waals surface area (Å²) in [7, 11) is 16.7. The van der Waals surface area contributed by atoms with Gasteiger partial charge in [-0.05, 0) is 24.3 Å². The zero-order valence-electron chi connectivity index (χ0n) is 26.6. The van der Waals surface area contributed by atoms with Gasteiger partial charge in [0.1, 0.15) is 0 Å². The van der Waals surface area contributed by atoms with Crippen LogP contribution in [0, 0.1) is 0 Å². The van der Waals surface area contributed by atoms with Crippen LogP contribution in [0.25, 0.3) is 67.1 Å².